The van der Waals surface area contributed by atoms with Gasteiger partial charge in [0.05, 0.1) is 0 Å². The van der Waals surface area contributed by atoms with E-state index in [1.54, 1.807) is 13.0 Å². The number of Topliss-reactive ketones (excluding diaryl/α,β-unsaturated/α-hetero) is 1. The van der Waals surface area contributed by atoms with Crippen molar-refractivity contribution in [2.45, 2.75) is 6.92 Å². The molecule has 0 spiro atoms. The molecule has 13 heavy (non-hydrogen) atoms. The Labute approximate surface area is 75.6 Å². The van der Waals surface area contributed by atoms with Crippen molar-refractivity contribution in [3.8, 4) is 6.07 Å². The van der Waals surface area contributed by atoms with Crippen molar-refractivity contribution in [3.63, 3.8) is 0 Å². The number of carbonyl (C=O) groups is 1. The van der Waals surface area contributed by atoms with Crippen molar-refractivity contribution in [2.75, 3.05) is 0 Å². The highest BCUT2D eigenvalue weighted by Crippen LogP contribution is 2.11. The van der Waals surface area contributed by atoms with Gasteiger partial charge in [-0.05, 0) is 6.92 Å². The molecule has 1 N–H and O–H groups in total. The van der Waals surface area contributed by atoms with Crippen molar-refractivity contribution in [1.82, 2.24) is 10.5 Å². The number of nitrogens with zero attached hydrogens (tertiary/aromatic N) is 3. The molecule has 66 valence electrons. The fraction of sp³-hybridized carbons (Fsp3) is 0.125. The van der Waals surface area contributed by atoms with Crippen LogP contribution in [0.5, 0.6) is 0 Å². The van der Waals surface area contributed by atoms with Gasteiger partial charge in [-0.15, -0.1) is 0 Å². The number of allylic oxidation sites excluding steroid dienone is 1. The first-order valence-corrected chi connectivity index (χ1v) is 3.59. The lowest BCUT2D eigenvalue weighted by Gasteiger charge is -2.23. The largest absolute Gasteiger partial charge is 0.286 e. The number of rotatable bonds is 1. The van der Waals surface area contributed by atoms with E-state index in [2.05, 4.69) is 17.1 Å². The van der Waals surface area contributed by atoms with E-state index >= 15 is 0 Å². The average Bonchev–Trinajstić information content (AvgIpc) is 2.14. The number of nitriles is 1. The van der Waals surface area contributed by atoms with Crippen LogP contribution in [0.3, 0.4) is 0 Å². The minimum Gasteiger partial charge on any atom is -0.286 e. The second-order valence-corrected chi connectivity index (χ2v) is 2.26. The van der Waals surface area contributed by atoms with Crippen molar-refractivity contribution in [1.29, 1.82) is 5.26 Å². The van der Waals surface area contributed by atoms with Crippen LogP contribution in [0.4, 0.5) is 0 Å². The SMILES string of the molecule is C=C1C(=O)C(C#N)=CNN1/N=C\C. The summed E-state index contributed by atoms with van der Waals surface area (Å²) in [6, 6.07) is 1.76. The van der Waals surface area contributed by atoms with Crippen LogP contribution in [-0.4, -0.2) is 17.1 Å². The molecule has 5 nitrogen and oxygen atoms in total. The topological polar surface area (TPSA) is 68.5 Å². The van der Waals surface area contributed by atoms with Gasteiger partial charge < -0.3 is 0 Å². The highest BCUT2D eigenvalue weighted by molar-refractivity contribution is 6.10. The van der Waals surface area contributed by atoms with Gasteiger partial charge >= 0.3 is 0 Å². The Morgan fingerprint density at radius 3 is 3.08 bits per heavy atom. The molecular formula is C8H8N4O. The number of hydrazine groups is 1. The van der Waals surface area contributed by atoms with Gasteiger partial charge in [-0.1, -0.05) is 6.58 Å². The van der Waals surface area contributed by atoms with Crippen LogP contribution in [0.15, 0.2) is 29.2 Å². The van der Waals surface area contributed by atoms with E-state index < -0.39 is 5.78 Å². The van der Waals surface area contributed by atoms with Crippen LogP contribution in [0.25, 0.3) is 0 Å². The first kappa shape index (κ1) is 9.00. The maximum Gasteiger partial charge on any atom is 0.224 e. The number of nitrogens with one attached hydrogen (secondary N) is 1. The number of carbonyl (C=O) groups excluding carboxylic acids is 1. The highest BCUT2D eigenvalue weighted by atomic mass is 16.1. The van der Waals surface area contributed by atoms with Crippen LogP contribution >= 0.6 is 0 Å². The molecular weight excluding hydrogens is 168 g/mol. The standard InChI is InChI=1S/C8H8N4O/c1-3-10-12-6(2)8(13)7(4-9)5-11-12/h3,5,11H,2H2,1H3/b10-3-. The van der Waals surface area contributed by atoms with Crippen molar-refractivity contribution < 1.29 is 4.79 Å². The van der Waals surface area contributed by atoms with Crippen LogP contribution in [-0.2, 0) is 4.79 Å². The van der Waals surface area contributed by atoms with E-state index in [-0.39, 0.29) is 11.3 Å². The molecule has 0 radical (unpaired) electrons. The van der Waals surface area contributed by atoms with E-state index in [4.69, 9.17) is 5.26 Å². The third-order valence-electron chi connectivity index (χ3n) is 1.44. The second kappa shape index (κ2) is 3.54. The van der Waals surface area contributed by atoms with Gasteiger partial charge in [0.25, 0.3) is 0 Å². The predicted molar refractivity (Wildman–Crippen MR) is 47.0 cm³/mol. The van der Waals surface area contributed by atoms with Gasteiger partial charge in [-0.3, -0.25) is 10.2 Å². The molecule has 0 atom stereocenters. The summed E-state index contributed by atoms with van der Waals surface area (Å²) in [5, 5.41) is 13.5. The summed E-state index contributed by atoms with van der Waals surface area (Å²) in [5.41, 5.74) is 2.80. The first-order chi connectivity index (χ1) is 6.20. The van der Waals surface area contributed by atoms with E-state index in [0.717, 1.165) is 0 Å². The van der Waals surface area contributed by atoms with E-state index in [0.29, 0.717) is 0 Å². The number of ketones is 1. The van der Waals surface area contributed by atoms with E-state index in [9.17, 15) is 4.79 Å². The van der Waals surface area contributed by atoms with Gasteiger partial charge in [0.15, 0.2) is 0 Å². The van der Waals surface area contributed by atoms with Gasteiger partial charge in [0.1, 0.15) is 17.3 Å². The molecule has 0 fully saturated rings. The Kier molecular flexibility index (Phi) is 2.45. The van der Waals surface area contributed by atoms with Crippen LogP contribution in [0, 0.1) is 11.3 Å². The fourth-order valence-corrected chi connectivity index (χ4v) is 0.822. The number of hydrazone groups is 1. The maximum atomic E-state index is 11.3. The number of hydrogen-bond acceptors (Lipinski definition) is 5. The predicted octanol–water partition coefficient (Wildman–Crippen LogP) is 0.303. The van der Waals surface area contributed by atoms with Gasteiger partial charge in [0.2, 0.25) is 5.78 Å². The summed E-state index contributed by atoms with van der Waals surface area (Å²) >= 11 is 0. The molecule has 0 bridgehead atoms. The Hall–Kier alpha value is -2.09. The summed E-state index contributed by atoms with van der Waals surface area (Å²) in [5.74, 6) is -0.410. The zero-order chi connectivity index (χ0) is 9.84. The Morgan fingerprint density at radius 1 is 1.85 bits per heavy atom. The molecule has 0 aromatic heterocycles. The van der Waals surface area contributed by atoms with Gasteiger partial charge in [-0.25, -0.2) is 0 Å². The summed E-state index contributed by atoms with van der Waals surface area (Å²) < 4.78 is 0. The zero-order valence-corrected chi connectivity index (χ0v) is 7.11. The van der Waals surface area contributed by atoms with Crippen molar-refractivity contribution >= 4 is 12.0 Å². The van der Waals surface area contributed by atoms with Crippen molar-refractivity contribution in [3.05, 3.63) is 24.0 Å². The van der Waals surface area contributed by atoms with Gasteiger partial charge in [-0.2, -0.15) is 15.5 Å². The average molecular weight is 176 g/mol. The molecule has 0 unspecified atom stereocenters. The van der Waals surface area contributed by atoms with Crippen LogP contribution < -0.4 is 5.43 Å². The molecule has 0 saturated carbocycles. The Morgan fingerprint density at radius 2 is 2.54 bits per heavy atom. The molecule has 1 rings (SSSR count). The number of hydrogen-bond donors (Lipinski definition) is 1. The third-order valence-corrected chi connectivity index (χ3v) is 1.44. The lowest BCUT2D eigenvalue weighted by atomic mass is 10.1. The fourth-order valence-electron chi connectivity index (χ4n) is 0.822. The molecule has 0 aromatic carbocycles. The molecule has 1 heterocycles. The van der Waals surface area contributed by atoms with E-state index in [1.807, 2.05) is 0 Å². The minimum absolute atomic E-state index is 0.0348. The van der Waals surface area contributed by atoms with Gasteiger partial charge in [0, 0.05) is 12.4 Å². The third kappa shape index (κ3) is 1.56. The molecule has 0 aromatic rings. The molecule has 0 aliphatic carbocycles. The lowest BCUT2D eigenvalue weighted by molar-refractivity contribution is -0.114. The molecule has 5 heteroatoms. The minimum atomic E-state index is -0.410. The maximum absolute atomic E-state index is 11.3. The van der Waals surface area contributed by atoms with Crippen molar-refractivity contribution in [2.24, 2.45) is 5.10 Å². The zero-order valence-electron chi connectivity index (χ0n) is 7.11. The first-order valence-electron chi connectivity index (χ1n) is 3.59. The van der Waals surface area contributed by atoms with E-state index in [1.165, 1.54) is 17.5 Å². The lowest BCUT2D eigenvalue weighted by Crippen LogP contribution is -2.36. The molecule has 0 amide bonds. The molecule has 1 aliphatic rings. The summed E-state index contributed by atoms with van der Waals surface area (Å²) in [4.78, 5) is 11.3. The van der Waals surface area contributed by atoms with Crippen LogP contribution in [0.1, 0.15) is 6.92 Å². The normalized spacial score (nSPS) is 16.9. The Bertz CT molecular complexity index is 348. The second-order valence-electron chi connectivity index (χ2n) is 2.26. The summed E-state index contributed by atoms with van der Waals surface area (Å²) in [6.45, 7) is 5.21. The molecule has 1 aliphatic heterocycles. The monoisotopic (exact) mass is 176 g/mol. The highest BCUT2D eigenvalue weighted by Gasteiger charge is 2.22. The quantitative estimate of drug-likeness (QED) is 0.461. The summed E-state index contributed by atoms with van der Waals surface area (Å²) in [6.07, 6.45) is 2.81. The smallest absolute Gasteiger partial charge is 0.224 e. The van der Waals surface area contributed by atoms with Crippen LogP contribution in [0.2, 0.25) is 0 Å². The summed E-state index contributed by atoms with van der Waals surface area (Å²) in [7, 11) is 0. The molecule has 0 saturated heterocycles. The Balaban J connectivity index is 2.95.